The first-order valence-electron chi connectivity index (χ1n) is 8.82. The minimum Gasteiger partial charge on any atom is -0.497 e. The molecule has 1 amide bonds. The van der Waals surface area contributed by atoms with Gasteiger partial charge in [0.05, 0.1) is 12.9 Å². The number of anilines is 1. The van der Waals surface area contributed by atoms with Gasteiger partial charge in [0.1, 0.15) is 5.75 Å². The second-order valence-corrected chi connectivity index (χ2v) is 8.06. The Morgan fingerprint density at radius 1 is 1.16 bits per heavy atom. The van der Waals surface area contributed by atoms with E-state index in [0.29, 0.717) is 32.2 Å². The number of nitrogens with one attached hydrogen (secondary N) is 2. The van der Waals surface area contributed by atoms with Crippen molar-refractivity contribution < 1.29 is 9.53 Å². The van der Waals surface area contributed by atoms with E-state index in [1.54, 1.807) is 49.6 Å². The number of rotatable bonds is 6. The van der Waals surface area contributed by atoms with Crippen LogP contribution in [0.3, 0.4) is 0 Å². The summed E-state index contributed by atoms with van der Waals surface area (Å²) in [6.07, 6.45) is 0. The highest BCUT2D eigenvalue weighted by Crippen LogP contribution is 2.23. The second-order valence-electron chi connectivity index (χ2n) is 6.24. The third-order valence-electron chi connectivity index (χ3n) is 4.09. The monoisotopic (exact) mass is 476 g/mol. The molecule has 0 spiro atoms. The third-order valence-corrected chi connectivity index (χ3v) is 5.45. The molecule has 4 rings (SSSR count). The van der Waals surface area contributed by atoms with Gasteiger partial charge in [0.25, 0.3) is 11.3 Å². The van der Waals surface area contributed by atoms with Crippen LogP contribution in [0.1, 0.15) is 0 Å². The van der Waals surface area contributed by atoms with Crippen molar-refractivity contribution >= 4 is 52.3 Å². The summed E-state index contributed by atoms with van der Waals surface area (Å²) in [6.45, 7) is 0. The zero-order valence-corrected chi connectivity index (χ0v) is 18.3. The van der Waals surface area contributed by atoms with Crippen LogP contribution >= 0.6 is 35.0 Å². The van der Waals surface area contributed by atoms with Gasteiger partial charge in [-0.25, -0.2) is 0 Å². The van der Waals surface area contributed by atoms with E-state index in [0.717, 1.165) is 11.8 Å². The number of H-pyrrole nitrogens is 1. The highest BCUT2D eigenvalue weighted by molar-refractivity contribution is 7.99. The number of aromatic amines is 1. The minimum atomic E-state index is -0.405. The van der Waals surface area contributed by atoms with Gasteiger partial charge >= 0.3 is 0 Å². The van der Waals surface area contributed by atoms with E-state index >= 15 is 0 Å². The van der Waals surface area contributed by atoms with Crippen LogP contribution in [0.4, 0.5) is 5.69 Å². The van der Waals surface area contributed by atoms with Gasteiger partial charge < -0.3 is 10.1 Å². The molecule has 2 N–H and O–H groups in total. The Morgan fingerprint density at radius 3 is 2.55 bits per heavy atom. The molecule has 158 valence electrons. The fraction of sp³-hybridized carbons (Fsp3) is 0.105. The van der Waals surface area contributed by atoms with E-state index in [1.807, 2.05) is 0 Å². The van der Waals surface area contributed by atoms with Gasteiger partial charge in [0.15, 0.2) is 5.69 Å². The predicted octanol–water partition coefficient (Wildman–Crippen LogP) is 3.53. The first-order chi connectivity index (χ1) is 14.9. The normalized spacial score (nSPS) is 10.9. The molecule has 0 saturated carbocycles. The van der Waals surface area contributed by atoms with Crippen LogP contribution in [0.2, 0.25) is 10.0 Å². The van der Waals surface area contributed by atoms with Crippen LogP contribution in [0.5, 0.6) is 5.75 Å². The topological polar surface area (TPSA) is 114 Å². The number of nitrogens with zero attached hydrogens (tertiary/aromatic N) is 4. The van der Waals surface area contributed by atoms with Crippen LogP contribution in [0.15, 0.2) is 52.4 Å². The summed E-state index contributed by atoms with van der Waals surface area (Å²) in [6, 6.07) is 11.7. The minimum absolute atomic E-state index is 0.0314. The molecular formula is C19H14Cl2N6O3S. The molecule has 2 heterocycles. The molecule has 0 aliphatic carbocycles. The Kier molecular flexibility index (Phi) is 6.12. The van der Waals surface area contributed by atoms with Crippen molar-refractivity contribution in [1.82, 2.24) is 24.8 Å². The van der Waals surface area contributed by atoms with E-state index in [-0.39, 0.29) is 23.1 Å². The molecule has 0 aliphatic rings. The summed E-state index contributed by atoms with van der Waals surface area (Å²) in [5.74, 6) is 0.573. The molecule has 0 radical (unpaired) electrons. The van der Waals surface area contributed by atoms with Crippen molar-refractivity contribution in [3.63, 3.8) is 0 Å². The maximum absolute atomic E-state index is 12.4. The average molecular weight is 477 g/mol. The van der Waals surface area contributed by atoms with Crippen LogP contribution in [-0.4, -0.2) is 43.6 Å². The number of methoxy groups -OCH3 is 1. The van der Waals surface area contributed by atoms with Gasteiger partial charge in [-0.05, 0) is 42.5 Å². The molecule has 0 aliphatic heterocycles. The molecule has 0 atom stereocenters. The number of hydrogen-bond donors (Lipinski definition) is 2. The van der Waals surface area contributed by atoms with E-state index in [2.05, 4.69) is 25.6 Å². The third kappa shape index (κ3) is 4.82. The van der Waals surface area contributed by atoms with Gasteiger partial charge in [0, 0.05) is 21.3 Å². The number of hydrogen-bond acceptors (Lipinski definition) is 7. The van der Waals surface area contributed by atoms with Gasteiger partial charge in [-0.2, -0.15) is 9.61 Å². The molecule has 2 aromatic heterocycles. The molecular weight excluding hydrogens is 463 g/mol. The summed E-state index contributed by atoms with van der Waals surface area (Å²) in [5.41, 5.74) is 0.870. The summed E-state index contributed by atoms with van der Waals surface area (Å²) in [4.78, 5) is 27.3. The molecule has 0 fully saturated rings. The van der Waals surface area contributed by atoms with Gasteiger partial charge in [-0.15, -0.1) is 10.2 Å². The van der Waals surface area contributed by atoms with Crippen molar-refractivity contribution in [2.75, 3.05) is 18.2 Å². The lowest BCUT2D eigenvalue weighted by Gasteiger charge is -2.06. The highest BCUT2D eigenvalue weighted by Gasteiger charge is 2.15. The van der Waals surface area contributed by atoms with Crippen LogP contribution < -0.4 is 15.6 Å². The maximum Gasteiger partial charge on any atom is 0.279 e. The molecule has 31 heavy (non-hydrogen) atoms. The van der Waals surface area contributed by atoms with Crippen molar-refractivity contribution in [3.8, 4) is 17.0 Å². The number of thioether (sulfide) groups is 1. The van der Waals surface area contributed by atoms with Gasteiger partial charge in [0.2, 0.25) is 11.1 Å². The maximum atomic E-state index is 12.4. The summed E-state index contributed by atoms with van der Waals surface area (Å²) >= 11 is 13.0. The highest BCUT2D eigenvalue weighted by atomic mass is 35.5. The van der Waals surface area contributed by atoms with E-state index in [1.165, 1.54) is 4.52 Å². The Bertz CT molecular complexity index is 1300. The fourth-order valence-corrected chi connectivity index (χ4v) is 3.93. The Labute approximate surface area is 189 Å². The average Bonchev–Trinajstić information content (AvgIpc) is 3.12. The molecule has 2 aromatic carbocycles. The Morgan fingerprint density at radius 2 is 1.87 bits per heavy atom. The quantitative estimate of drug-likeness (QED) is 0.409. The number of fused-ring (bicyclic) bond motifs is 1. The number of ether oxygens (including phenoxy) is 1. The summed E-state index contributed by atoms with van der Waals surface area (Å²) in [7, 11) is 1.56. The molecule has 0 saturated heterocycles. The number of aromatic nitrogens is 5. The number of carbonyl (C=O) groups is 1. The molecule has 4 aromatic rings. The fourth-order valence-electron chi connectivity index (χ4n) is 2.72. The molecule has 0 unspecified atom stereocenters. The standard InChI is InChI=1S/C19H14Cl2N6O3S/c1-30-14-4-2-10(3-5-14)16-17(29)23-18-24-25-19(27(18)26-16)31-9-15(28)22-13-7-11(20)6-12(21)8-13/h2-8H,9H2,1H3,(H,22,28)(H,23,24,29). The largest absolute Gasteiger partial charge is 0.497 e. The van der Waals surface area contributed by atoms with Crippen molar-refractivity contribution in [3.05, 3.63) is 62.9 Å². The number of carbonyl (C=O) groups excluding carboxylic acids is 1. The second kappa shape index (κ2) is 8.96. The number of benzene rings is 2. The smallest absolute Gasteiger partial charge is 0.279 e. The first-order valence-corrected chi connectivity index (χ1v) is 10.6. The molecule has 12 heteroatoms. The van der Waals surface area contributed by atoms with Crippen LogP contribution in [-0.2, 0) is 4.79 Å². The van der Waals surface area contributed by atoms with Gasteiger partial charge in [-0.3, -0.25) is 14.6 Å². The zero-order valence-electron chi connectivity index (χ0n) is 15.9. The van der Waals surface area contributed by atoms with Crippen molar-refractivity contribution in [2.45, 2.75) is 5.16 Å². The predicted molar refractivity (Wildman–Crippen MR) is 119 cm³/mol. The lowest BCUT2D eigenvalue weighted by atomic mass is 10.1. The molecule has 9 nitrogen and oxygen atoms in total. The van der Waals surface area contributed by atoms with E-state index in [9.17, 15) is 9.59 Å². The summed E-state index contributed by atoms with van der Waals surface area (Å²) < 4.78 is 6.52. The van der Waals surface area contributed by atoms with Crippen LogP contribution in [0, 0.1) is 0 Å². The zero-order chi connectivity index (χ0) is 22.0. The van der Waals surface area contributed by atoms with Gasteiger partial charge in [-0.1, -0.05) is 35.0 Å². The van der Waals surface area contributed by atoms with Crippen LogP contribution in [0.25, 0.3) is 17.0 Å². The van der Waals surface area contributed by atoms with Crippen molar-refractivity contribution in [2.24, 2.45) is 0 Å². The van der Waals surface area contributed by atoms with E-state index in [4.69, 9.17) is 27.9 Å². The number of amides is 1. The van der Waals surface area contributed by atoms with Crippen molar-refractivity contribution in [1.29, 1.82) is 0 Å². The lowest BCUT2D eigenvalue weighted by molar-refractivity contribution is -0.113. The Balaban J connectivity index is 1.54. The Hall–Kier alpha value is -3.08. The first kappa shape index (κ1) is 21.2. The SMILES string of the molecule is COc1ccc(-c2nn3c(SCC(=O)Nc4cc(Cl)cc(Cl)c4)nnc3[nH]c2=O)cc1. The number of halogens is 2. The van der Waals surface area contributed by atoms with E-state index < -0.39 is 5.56 Å². The molecule has 0 bridgehead atoms. The summed E-state index contributed by atoms with van der Waals surface area (Å²) in [5, 5.41) is 16.2. The lowest BCUT2D eigenvalue weighted by Crippen LogP contribution is -2.16.